The van der Waals surface area contributed by atoms with Crippen molar-refractivity contribution in [2.75, 3.05) is 0 Å². The van der Waals surface area contributed by atoms with Gasteiger partial charge in [-0.1, -0.05) is 48.0 Å². The molecule has 0 heterocycles. The minimum Gasteiger partial charge on any atom is -0.290 e. The Balaban J connectivity index is 2.47. The molecule has 0 aliphatic rings. The fourth-order valence-corrected chi connectivity index (χ4v) is 4.76. The lowest BCUT2D eigenvalue weighted by Gasteiger charge is -2.20. The van der Waals surface area contributed by atoms with E-state index in [1.807, 2.05) is 6.92 Å². The number of rotatable bonds is 4. The summed E-state index contributed by atoms with van der Waals surface area (Å²) in [5, 5.41) is 0. The number of sulfone groups is 1. The van der Waals surface area contributed by atoms with Crippen LogP contribution in [-0.2, 0) is 9.84 Å². The summed E-state index contributed by atoms with van der Waals surface area (Å²) in [5.41, 5.74) is 1.30. The van der Waals surface area contributed by atoms with Gasteiger partial charge in [0, 0.05) is 5.56 Å². The van der Waals surface area contributed by atoms with E-state index in [0.29, 0.717) is 5.56 Å². The highest BCUT2D eigenvalue weighted by atomic mass is 127. The van der Waals surface area contributed by atoms with Gasteiger partial charge in [-0.05, 0) is 57.6 Å². The van der Waals surface area contributed by atoms with Crippen LogP contribution in [0.25, 0.3) is 0 Å². The average molecular weight is 479 g/mol. The molecule has 0 N–H and O–H groups in total. The number of ketones is 1. The van der Waals surface area contributed by atoms with Crippen molar-refractivity contribution < 1.29 is 13.2 Å². The predicted octanol–water partition coefficient (Wildman–Crippen LogP) is 4.14. The molecule has 0 fully saturated rings. The predicted molar refractivity (Wildman–Crippen MR) is 94.8 cm³/mol. The molecule has 0 spiro atoms. The molecule has 110 valence electrons. The van der Waals surface area contributed by atoms with Crippen LogP contribution in [0, 0.1) is 6.92 Å². The van der Waals surface area contributed by atoms with Gasteiger partial charge in [-0.15, -0.1) is 0 Å². The molecule has 0 saturated carbocycles. The second-order valence-corrected chi connectivity index (χ2v) is 12.2. The van der Waals surface area contributed by atoms with Crippen molar-refractivity contribution in [2.45, 2.75) is 13.5 Å². The number of aryl methyl sites for hydroxylation is 1. The van der Waals surface area contributed by atoms with Gasteiger partial charge >= 0.3 is 0 Å². The highest BCUT2D eigenvalue weighted by Gasteiger charge is 2.47. The molecule has 2 rings (SSSR count). The molecular formula is C15H12BrIO3S. The van der Waals surface area contributed by atoms with Gasteiger partial charge < -0.3 is 0 Å². The number of benzene rings is 2. The molecular weight excluding hydrogens is 467 g/mol. The first-order valence-electron chi connectivity index (χ1n) is 6.06. The highest BCUT2D eigenvalue weighted by Crippen LogP contribution is 2.41. The second kappa shape index (κ2) is 6.18. The Morgan fingerprint density at radius 1 is 1.05 bits per heavy atom. The Labute approximate surface area is 145 Å². The van der Waals surface area contributed by atoms with Crippen LogP contribution in [0.3, 0.4) is 0 Å². The Morgan fingerprint density at radius 2 is 1.57 bits per heavy atom. The maximum Gasteiger partial charge on any atom is 0.243 e. The molecule has 3 nitrogen and oxygen atoms in total. The molecule has 0 aliphatic carbocycles. The van der Waals surface area contributed by atoms with Gasteiger partial charge in [0.25, 0.3) is 0 Å². The first kappa shape index (κ1) is 16.6. The summed E-state index contributed by atoms with van der Waals surface area (Å²) in [4.78, 5) is 12.6. The van der Waals surface area contributed by atoms with Crippen molar-refractivity contribution in [1.29, 1.82) is 0 Å². The van der Waals surface area contributed by atoms with E-state index in [-0.39, 0.29) is 4.90 Å². The monoisotopic (exact) mass is 478 g/mol. The van der Waals surface area contributed by atoms with E-state index in [1.165, 1.54) is 12.1 Å². The molecule has 0 amide bonds. The van der Waals surface area contributed by atoms with Crippen molar-refractivity contribution in [3.05, 3.63) is 65.7 Å². The van der Waals surface area contributed by atoms with Crippen molar-refractivity contribution in [3.8, 4) is 0 Å². The first-order valence-corrected chi connectivity index (χ1v) is 9.41. The van der Waals surface area contributed by atoms with Gasteiger partial charge in [0.15, 0.2) is 0 Å². The normalized spacial score (nSPS) is 14.4. The summed E-state index contributed by atoms with van der Waals surface area (Å²) in [6.07, 6.45) is 0. The van der Waals surface area contributed by atoms with Gasteiger partial charge in [0.05, 0.1) is 4.90 Å². The van der Waals surface area contributed by atoms with Crippen LogP contribution in [0.2, 0.25) is 0 Å². The lowest BCUT2D eigenvalue weighted by Crippen LogP contribution is -2.34. The van der Waals surface area contributed by atoms with Gasteiger partial charge in [0.2, 0.25) is 17.3 Å². The van der Waals surface area contributed by atoms with E-state index >= 15 is 0 Å². The first-order chi connectivity index (χ1) is 9.76. The number of Topliss-reactive ketones (excluding diaryl/α,β-unsaturated/α-hetero) is 1. The molecule has 6 heteroatoms. The smallest absolute Gasteiger partial charge is 0.243 e. The van der Waals surface area contributed by atoms with E-state index in [4.69, 9.17) is 0 Å². The van der Waals surface area contributed by atoms with E-state index < -0.39 is 17.3 Å². The molecule has 0 radical (unpaired) electrons. The third-order valence-corrected chi connectivity index (χ3v) is 8.59. The minimum absolute atomic E-state index is 0.114. The summed E-state index contributed by atoms with van der Waals surface area (Å²) < 4.78 is 23.7. The summed E-state index contributed by atoms with van der Waals surface area (Å²) >= 11 is 4.75. The summed E-state index contributed by atoms with van der Waals surface area (Å²) in [7, 11) is -3.85. The minimum atomic E-state index is -3.85. The molecule has 21 heavy (non-hydrogen) atoms. The molecule has 2 aromatic carbocycles. The molecule has 2 aromatic rings. The van der Waals surface area contributed by atoms with Crippen LogP contribution >= 0.6 is 38.5 Å². The molecule has 0 bridgehead atoms. The molecule has 0 saturated heterocycles. The Hall–Kier alpha value is -0.730. The van der Waals surface area contributed by atoms with E-state index in [2.05, 4.69) is 15.9 Å². The highest BCUT2D eigenvalue weighted by molar-refractivity contribution is 14.1. The van der Waals surface area contributed by atoms with Gasteiger partial charge in [-0.3, -0.25) is 4.79 Å². The maximum absolute atomic E-state index is 12.7. The fraction of sp³-hybridized carbons (Fsp3) is 0.133. The summed E-state index contributed by atoms with van der Waals surface area (Å²) in [6, 6.07) is 14.8. The average Bonchev–Trinajstić information content (AvgIpc) is 2.47. The van der Waals surface area contributed by atoms with Gasteiger partial charge in [0.1, 0.15) is 0 Å². The second-order valence-electron chi connectivity index (χ2n) is 4.53. The van der Waals surface area contributed by atoms with Gasteiger partial charge in [-0.25, -0.2) is 8.42 Å². The van der Waals surface area contributed by atoms with Crippen LogP contribution in [0.4, 0.5) is 0 Å². The fourth-order valence-electron chi connectivity index (χ4n) is 1.75. The third-order valence-electron chi connectivity index (χ3n) is 2.97. The Kier molecular flexibility index (Phi) is 4.89. The molecule has 1 atom stereocenters. The standard InChI is InChI=1S/C15H12BrIO3S/c1-11-7-9-13(10-8-11)21(19,20)15(16,17)14(18)12-5-3-2-4-6-12/h2-10H,1H3. The molecule has 1 unspecified atom stereocenters. The van der Waals surface area contributed by atoms with Crippen LogP contribution in [-0.4, -0.2) is 15.9 Å². The Morgan fingerprint density at radius 3 is 2.10 bits per heavy atom. The van der Waals surface area contributed by atoms with Crippen LogP contribution < -0.4 is 0 Å². The van der Waals surface area contributed by atoms with Crippen molar-refractivity contribution in [1.82, 2.24) is 0 Å². The maximum atomic E-state index is 12.7. The van der Waals surface area contributed by atoms with Crippen molar-refractivity contribution in [2.24, 2.45) is 0 Å². The van der Waals surface area contributed by atoms with Crippen molar-refractivity contribution in [3.63, 3.8) is 0 Å². The number of hydrogen-bond donors (Lipinski definition) is 0. The Bertz CT molecular complexity index is 753. The van der Waals surface area contributed by atoms with E-state index in [9.17, 15) is 13.2 Å². The zero-order valence-corrected chi connectivity index (χ0v) is 15.6. The van der Waals surface area contributed by atoms with Crippen LogP contribution in [0.1, 0.15) is 15.9 Å². The third kappa shape index (κ3) is 3.22. The van der Waals surface area contributed by atoms with Crippen LogP contribution in [0.15, 0.2) is 59.5 Å². The quantitative estimate of drug-likeness (QED) is 0.377. The lowest BCUT2D eigenvalue weighted by atomic mass is 10.1. The summed E-state index contributed by atoms with van der Waals surface area (Å²) in [6.45, 7) is 1.87. The van der Waals surface area contributed by atoms with Crippen molar-refractivity contribution >= 4 is 54.1 Å². The van der Waals surface area contributed by atoms with E-state index in [1.54, 1.807) is 65.1 Å². The number of hydrogen-bond acceptors (Lipinski definition) is 3. The van der Waals surface area contributed by atoms with Gasteiger partial charge in [-0.2, -0.15) is 0 Å². The lowest BCUT2D eigenvalue weighted by molar-refractivity contribution is 0.101. The zero-order valence-electron chi connectivity index (χ0n) is 11.1. The number of alkyl halides is 2. The topological polar surface area (TPSA) is 51.2 Å². The summed E-state index contributed by atoms with van der Waals surface area (Å²) in [5.74, 6) is -0.496. The van der Waals surface area contributed by atoms with Crippen LogP contribution in [0.5, 0.6) is 0 Å². The molecule has 0 aliphatic heterocycles. The number of carbonyl (C=O) groups excluding carboxylic acids is 1. The number of carbonyl (C=O) groups is 1. The zero-order chi connectivity index (χ0) is 15.7. The molecule has 0 aromatic heterocycles. The number of halogens is 2. The largest absolute Gasteiger partial charge is 0.290 e. The SMILES string of the molecule is Cc1ccc(S(=O)(=O)C(Br)(I)C(=O)c2ccccc2)cc1. The van der Waals surface area contributed by atoms with E-state index in [0.717, 1.165) is 5.56 Å².